The van der Waals surface area contributed by atoms with E-state index in [0.717, 1.165) is 3.63 Å². The minimum absolute atomic E-state index is 0.798. The van der Waals surface area contributed by atoms with Crippen molar-refractivity contribution in [2.75, 3.05) is 0 Å². The number of hydrogen-bond acceptors (Lipinski definition) is 1. The van der Waals surface area contributed by atoms with Gasteiger partial charge in [-0.15, -0.1) is 0 Å². The normalized spacial score (nSPS) is 13.9. The fourth-order valence-corrected chi connectivity index (χ4v) is 12.5. The van der Waals surface area contributed by atoms with Crippen LogP contribution in [0.1, 0.15) is 13.8 Å². The molecule has 2 heterocycles. The zero-order valence-corrected chi connectivity index (χ0v) is 13.0. The Morgan fingerprint density at radius 1 is 1.00 bits per heavy atom. The second-order valence-electron chi connectivity index (χ2n) is 4.36. The number of fused-ring (bicyclic) bond motifs is 3. The molecule has 80 valence electrons. The van der Waals surface area contributed by atoms with Crippen molar-refractivity contribution in [1.29, 1.82) is 0 Å². The molecule has 0 atom stereocenters. The van der Waals surface area contributed by atoms with Gasteiger partial charge in [0.2, 0.25) is 0 Å². The van der Waals surface area contributed by atoms with Crippen LogP contribution in [0, 0.1) is 0 Å². The number of hydrogen-bond donors (Lipinski definition) is 0. The molecule has 1 aliphatic rings. The van der Waals surface area contributed by atoms with E-state index in [2.05, 4.69) is 55.2 Å². The van der Waals surface area contributed by atoms with Crippen molar-refractivity contribution in [1.82, 2.24) is 4.98 Å². The van der Waals surface area contributed by atoms with E-state index in [0.29, 0.717) is 0 Å². The molecule has 0 unspecified atom stereocenters. The minimum atomic E-state index is -1.77. The van der Waals surface area contributed by atoms with Crippen molar-refractivity contribution >= 4 is 28.4 Å². The third kappa shape index (κ3) is 1.43. The SMILES string of the molecule is C[CH](C)[Bi]1[c]2ccccc2-c2cccn[c]21. The summed E-state index contributed by atoms with van der Waals surface area (Å²) in [6.45, 7) is 4.72. The van der Waals surface area contributed by atoms with Crippen molar-refractivity contribution in [3.8, 4) is 11.1 Å². The van der Waals surface area contributed by atoms with Gasteiger partial charge in [0.15, 0.2) is 0 Å². The van der Waals surface area contributed by atoms with Gasteiger partial charge < -0.3 is 0 Å². The quantitative estimate of drug-likeness (QED) is 0.663. The van der Waals surface area contributed by atoms with Gasteiger partial charge >= 0.3 is 105 Å². The summed E-state index contributed by atoms with van der Waals surface area (Å²) in [6, 6.07) is 13.2. The summed E-state index contributed by atoms with van der Waals surface area (Å²) in [6.07, 6.45) is 1.95. The molecule has 0 N–H and O–H groups in total. The van der Waals surface area contributed by atoms with E-state index >= 15 is 0 Å². The van der Waals surface area contributed by atoms with Crippen LogP contribution >= 0.6 is 0 Å². The van der Waals surface area contributed by atoms with Crippen LogP contribution in [0.5, 0.6) is 0 Å². The molecule has 1 aromatic heterocycles. The Kier molecular flexibility index (Phi) is 2.55. The average Bonchev–Trinajstić information content (AvgIpc) is 2.63. The fraction of sp³-hybridized carbons (Fsp3) is 0.214. The topological polar surface area (TPSA) is 12.9 Å². The maximum atomic E-state index is 4.67. The average molecular weight is 405 g/mol. The Hall–Kier alpha value is -0.747. The Morgan fingerprint density at radius 2 is 1.75 bits per heavy atom. The van der Waals surface area contributed by atoms with Gasteiger partial charge in [-0.2, -0.15) is 0 Å². The van der Waals surface area contributed by atoms with Crippen LogP contribution in [0.3, 0.4) is 0 Å². The van der Waals surface area contributed by atoms with E-state index < -0.39 is 21.8 Å². The van der Waals surface area contributed by atoms with Crippen molar-refractivity contribution < 1.29 is 0 Å². The number of nitrogens with zero attached hydrogens (tertiary/aromatic N) is 1. The summed E-state index contributed by atoms with van der Waals surface area (Å²) < 4.78 is 3.89. The molecule has 0 aliphatic carbocycles. The predicted octanol–water partition coefficient (Wildman–Crippen LogP) is 2.08. The second-order valence-corrected chi connectivity index (χ2v) is 14.8. The van der Waals surface area contributed by atoms with Crippen LogP contribution in [-0.4, -0.2) is 26.7 Å². The first-order valence-electron chi connectivity index (χ1n) is 5.62. The van der Waals surface area contributed by atoms with Gasteiger partial charge in [-0.05, 0) is 0 Å². The summed E-state index contributed by atoms with van der Waals surface area (Å²) in [5, 5.41) is 0. The molecular formula is C14H14BiN. The zero-order valence-electron chi connectivity index (χ0n) is 9.51. The van der Waals surface area contributed by atoms with Crippen molar-refractivity contribution in [2.24, 2.45) is 0 Å². The summed E-state index contributed by atoms with van der Waals surface area (Å²) >= 11 is -1.77. The number of rotatable bonds is 1. The molecule has 0 radical (unpaired) electrons. The molecular weight excluding hydrogens is 391 g/mol. The first-order valence-corrected chi connectivity index (χ1v) is 11.1. The van der Waals surface area contributed by atoms with Crippen LogP contribution in [0.25, 0.3) is 11.1 Å². The van der Waals surface area contributed by atoms with Gasteiger partial charge in [0.25, 0.3) is 0 Å². The van der Waals surface area contributed by atoms with Crippen molar-refractivity contribution in [3.05, 3.63) is 42.6 Å². The number of aromatic nitrogens is 1. The van der Waals surface area contributed by atoms with Crippen molar-refractivity contribution in [2.45, 2.75) is 17.5 Å². The number of pyridine rings is 1. The molecule has 1 nitrogen and oxygen atoms in total. The third-order valence-corrected chi connectivity index (χ3v) is 13.7. The zero-order chi connectivity index (χ0) is 11.1. The summed E-state index contributed by atoms with van der Waals surface area (Å²) in [5.74, 6) is 0. The van der Waals surface area contributed by atoms with Crippen LogP contribution in [-0.2, 0) is 0 Å². The van der Waals surface area contributed by atoms with E-state index in [4.69, 9.17) is 0 Å². The summed E-state index contributed by atoms with van der Waals surface area (Å²) in [7, 11) is 0. The van der Waals surface area contributed by atoms with Crippen LogP contribution in [0.15, 0.2) is 42.6 Å². The maximum absolute atomic E-state index is 4.67. The first kappa shape index (κ1) is 10.4. The van der Waals surface area contributed by atoms with E-state index in [1.54, 1.807) is 3.27 Å². The standard InChI is InChI=1S/C11H7N.C3H7.Bi/c1-2-5-10(6-3-1)11-7-4-8-12-9-11;1-3-2;/h1-5,7-8H;3H,1-2H3;. The van der Waals surface area contributed by atoms with Gasteiger partial charge in [0.1, 0.15) is 0 Å². The van der Waals surface area contributed by atoms with E-state index in [1.807, 2.05) is 6.20 Å². The van der Waals surface area contributed by atoms with Crippen LogP contribution in [0.2, 0.25) is 3.63 Å². The third-order valence-electron chi connectivity index (χ3n) is 2.99. The molecule has 0 spiro atoms. The van der Waals surface area contributed by atoms with Gasteiger partial charge in [-0.3, -0.25) is 0 Å². The first-order chi connectivity index (χ1) is 7.79. The predicted molar refractivity (Wildman–Crippen MR) is 69.8 cm³/mol. The Morgan fingerprint density at radius 3 is 2.56 bits per heavy atom. The molecule has 2 aromatic rings. The summed E-state index contributed by atoms with van der Waals surface area (Å²) in [5.41, 5.74) is 2.86. The molecule has 1 aliphatic heterocycles. The Labute approximate surface area is 104 Å². The monoisotopic (exact) mass is 405 g/mol. The van der Waals surface area contributed by atoms with Crippen molar-refractivity contribution in [3.63, 3.8) is 0 Å². The molecule has 0 saturated carbocycles. The van der Waals surface area contributed by atoms with Crippen LogP contribution < -0.4 is 6.67 Å². The van der Waals surface area contributed by atoms with Gasteiger partial charge in [0, 0.05) is 0 Å². The van der Waals surface area contributed by atoms with E-state index in [1.165, 1.54) is 14.5 Å². The van der Waals surface area contributed by atoms with Crippen LogP contribution in [0.4, 0.5) is 0 Å². The van der Waals surface area contributed by atoms with E-state index in [-0.39, 0.29) is 0 Å². The molecule has 0 amide bonds. The molecule has 2 heteroatoms. The molecule has 0 fully saturated rings. The Balaban J connectivity index is 2.30. The van der Waals surface area contributed by atoms with Gasteiger partial charge in [0.05, 0.1) is 0 Å². The summed E-state index contributed by atoms with van der Waals surface area (Å²) in [4.78, 5) is 4.67. The van der Waals surface area contributed by atoms with Gasteiger partial charge in [-0.25, -0.2) is 0 Å². The van der Waals surface area contributed by atoms with Gasteiger partial charge in [-0.1, -0.05) is 0 Å². The Bertz CT molecular complexity index is 488. The molecule has 3 rings (SSSR count). The second kappa shape index (κ2) is 3.93. The van der Waals surface area contributed by atoms with E-state index in [9.17, 15) is 0 Å². The number of benzene rings is 1. The molecule has 0 bridgehead atoms. The fourth-order valence-electron chi connectivity index (χ4n) is 2.35. The molecule has 0 saturated heterocycles. The molecule has 1 aromatic carbocycles. The molecule has 16 heavy (non-hydrogen) atoms.